The fraction of sp³-hybridized carbons (Fsp3) is 0.400. The third-order valence-corrected chi connectivity index (χ3v) is 5.56. The SMILES string of the molecule is CC(C)(C)OC(=O)N[C@@H](CC(=O)N(Cc1cccc(F)c1)[C@H]1c2ccccc2C[C@H]1O)C(=O)NO. The van der Waals surface area contributed by atoms with E-state index in [-0.39, 0.29) is 6.54 Å². The lowest BCUT2D eigenvalue weighted by Gasteiger charge is -2.33. The van der Waals surface area contributed by atoms with Crippen LogP contribution in [0.25, 0.3) is 0 Å². The Bertz CT molecular complexity index is 1090. The van der Waals surface area contributed by atoms with Crippen LogP contribution in [-0.2, 0) is 27.3 Å². The van der Waals surface area contributed by atoms with Crippen molar-refractivity contribution in [3.05, 3.63) is 71.0 Å². The molecule has 0 heterocycles. The maximum Gasteiger partial charge on any atom is 0.408 e. The molecule has 0 saturated carbocycles. The molecule has 9 nitrogen and oxygen atoms in total. The van der Waals surface area contributed by atoms with E-state index in [9.17, 15) is 23.9 Å². The summed E-state index contributed by atoms with van der Waals surface area (Å²) in [4.78, 5) is 39.4. The second-order valence-corrected chi connectivity index (χ2v) is 9.45. The van der Waals surface area contributed by atoms with Gasteiger partial charge in [-0.1, -0.05) is 36.4 Å². The van der Waals surface area contributed by atoms with Gasteiger partial charge in [-0.05, 0) is 49.6 Å². The van der Waals surface area contributed by atoms with Crippen molar-refractivity contribution in [2.75, 3.05) is 0 Å². The predicted octanol–water partition coefficient (Wildman–Crippen LogP) is 2.60. The Labute approximate surface area is 202 Å². The van der Waals surface area contributed by atoms with Crippen molar-refractivity contribution >= 4 is 17.9 Å². The number of rotatable bonds is 7. The summed E-state index contributed by atoms with van der Waals surface area (Å²) < 4.78 is 19.0. The third-order valence-electron chi connectivity index (χ3n) is 5.56. The smallest absolute Gasteiger partial charge is 0.408 e. The first-order chi connectivity index (χ1) is 16.5. The number of aliphatic hydroxyl groups excluding tert-OH is 1. The van der Waals surface area contributed by atoms with Gasteiger partial charge in [-0.3, -0.25) is 14.8 Å². The lowest BCUT2D eigenvalue weighted by Crippen LogP contribution is -2.50. The van der Waals surface area contributed by atoms with Gasteiger partial charge in [-0.2, -0.15) is 0 Å². The van der Waals surface area contributed by atoms with Gasteiger partial charge in [-0.15, -0.1) is 0 Å². The lowest BCUT2D eigenvalue weighted by atomic mass is 10.0. The zero-order valence-corrected chi connectivity index (χ0v) is 19.8. The summed E-state index contributed by atoms with van der Waals surface area (Å²) in [7, 11) is 0. The average Bonchev–Trinajstić information content (AvgIpc) is 3.10. The molecule has 2 aromatic rings. The zero-order valence-electron chi connectivity index (χ0n) is 19.8. The fourth-order valence-electron chi connectivity index (χ4n) is 4.13. The Morgan fingerprint density at radius 1 is 1.17 bits per heavy atom. The van der Waals surface area contributed by atoms with Crippen LogP contribution in [0.4, 0.5) is 9.18 Å². The fourth-order valence-corrected chi connectivity index (χ4v) is 4.13. The maximum absolute atomic E-state index is 13.9. The topological polar surface area (TPSA) is 128 Å². The molecule has 3 rings (SSSR count). The monoisotopic (exact) mass is 487 g/mol. The van der Waals surface area contributed by atoms with E-state index < -0.39 is 53.9 Å². The maximum atomic E-state index is 13.9. The van der Waals surface area contributed by atoms with E-state index in [1.54, 1.807) is 39.0 Å². The second kappa shape index (κ2) is 10.8. The van der Waals surface area contributed by atoms with Gasteiger partial charge < -0.3 is 20.1 Å². The molecule has 10 heteroatoms. The number of nitrogens with zero attached hydrogens (tertiary/aromatic N) is 1. The minimum absolute atomic E-state index is 0.0491. The van der Waals surface area contributed by atoms with Gasteiger partial charge in [0.05, 0.1) is 18.6 Å². The normalized spacial score (nSPS) is 17.8. The van der Waals surface area contributed by atoms with Gasteiger partial charge >= 0.3 is 6.09 Å². The van der Waals surface area contributed by atoms with Crippen LogP contribution in [0.15, 0.2) is 48.5 Å². The zero-order chi connectivity index (χ0) is 25.8. The summed E-state index contributed by atoms with van der Waals surface area (Å²) in [6, 6.07) is 10.8. The number of hydrogen-bond acceptors (Lipinski definition) is 6. The van der Waals surface area contributed by atoms with Gasteiger partial charge in [0.25, 0.3) is 5.91 Å². The number of aliphatic hydroxyl groups is 1. The summed E-state index contributed by atoms with van der Waals surface area (Å²) in [6.07, 6.45) is -2.08. The number of halogens is 1. The highest BCUT2D eigenvalue weighted by atomic mass is 19.1. The number of hydroxylamine groups is 1. The quantitative estimate of drug-likeness (QED) is 0.351. The highest BCUT2D eigenvalue weighted by Crippen LogP contribution is 2.37. The van der Waals surface area contributed by atoms with Crippen LogP contribution in [0.3, 0.4) is 0 Å². The molecule has 3 atom stereocenters. The van der Waals surface area contributed by atoms with E-state index in [0.717, 1.165) is 11.1 Å². The summed E-state index contributed by atoms with van der Waals surface area (Å²) in [5.74, 6) is -2.09. The van der Waals surface area contributed by atoms with Crippen molar-refractivity contribution in [2.24, 2.45) is 0 Å². The highest BCUT2D eigenvalue weighted by molar-refractivity contribution is 5.90. The van der Waals surface area contributed by atoms with E-state index in [1.165, 1.54) is 28.6 Å². The van der Waals surface area contributed by atoms with Gasteiger partial charge in [0, 0.05) is 13.0 Å². The van der Waals surface area contributed by atoms with E-state index in [4.69, 9.17) is 9.94 Å². The third kappa shape index (κ3) is 6.77. The van der Waals surface area contributed by atoms with Crippen molar-refractivity contribution in [3.63, 3.8) is 0 Å². The largest absolute Gasteiger partial charge is 0.444 e. The number of benzene rings is 2. The molecule has 0 spiro atoms. The van der Waals surface area contributed by atoms with Crippen LogP contribution in [0.5, 0.6) is 0 Å². The number of carbonyl (C=O) groups is 3. The molecule has 0 saturated heterocycles. The summed E-state index contributed by atoms with van der Waals surface area (Å²) in [5, 5.41) is 22.3. The van der Waals surface area contributed by atoms with Crippen molar-refractivity contribution in [1.29, 1.82) is 0 Å². The van der Waals surface area contributed by atoms with Crippen molar-refractivity contribution in [1.82, 2.24) is 15.7 Å². The molecule has 0 aliphatic heterocycles. The first-order valence-corrected chi connectivity index (χ1v) is 11.2. The van der Waals surface area contributed by atoms with Crippen molar-refractivity contribution in [3.8, 4) is 0 Å². The van der Waals surface area contributed by atoms with E-state index in [0.29, 0.717) is 12.0 Å². The molecular formula is C25H30FN3O6. The Morgan fingerprint density at radius 2 is 1.89 bits per heavy atom. The van der Waals surface area contributed by atoms with Crippen LogP contribution in [0.1, 0.15) is 49.9 Å². The number of amides is 3. The standard InChI is InChI=1S/C25H30FN3O6/c1-25(2,3)35-24(33)27-19(23(32)28-34)13-21(31)29(14-15-7-6-9-17(26)11-15)22-18-10-5-4-8-16(18)12-20(22)30/h4-11,19-20,22,30,34H,12-14H2,1-3H3,(H,27,33)(H,28,32)/t19-,20+,22-/m0/s1. The second-order valence-electron chi connectivity index (χ2n) is 9.45. The van der Waals surface area contributed by atoms with E-state index in [2.05, 4.69) is 5.32 Å². The van der Waals surface area contributed by atoms with Gasteiger partial charge in [0.1, 0.15) is 17.5 Å². The Hall–Kier alpha value is -3.50. The van der Waals surface area contributed by atoms with Gasteiger partial charge in [0.15, 0.2) is 0 Å². The molecule has 0 radical (unpaired) electrons. The van der Waals surface area contributed by atoms with Crippen LogP contribution in [0, 0.1) is 5.82 Å². The van der Waals surface area contributed by atoms with Gasteiger partial charge in [0.2, 0.25) is 5.91 Å². The summed E-state index contributed by atoms with van der Waals surface area (Å²) in [6.45, 7) is 4.86. The van der Waals surface area contributed by atoms with Crippen molar-refractivity contribution < 1.29 is 33.8 Å². The molecular weight excluding hydrogens is 457 g/mol. The summed E-state index contributed by atoms with van der Waals surface area (Å²) in [5.41, 5.74) is 2.70. The molecule has 1 aliphatic rings. The Kier molecular flexibility index (Phi) is 8.08. The van der Waals surface area contributed by atoms with E-state index >= 15 is 0 Å². The molecule has 3 amide bonds. The number of carbonyl (C=O) groups excluding carboxylic acids is 3. The van der Waals surface area contributed by atoms with Crippen LogP contribution in [-0.4, -0.2) is 50.9 Å². The first kappa shape index (κ1) is 26.1. The summed E-state index contributed by atoms with van der Waals surface area (Å²) >= 11 is 0. The molecule has 188 valence electrons. The first-order valence-electron chi connectivity index (χ1n) is 11.2. The van der Waals surface area contributed by atoms with Gasteiger partial charge in [-0.25, -0.2) is 14.7 Å². The predicted molar refractivity (Wildman–Crippen MR) is 124 cm³/mol. The van der Waals surface area contributed by atoms with Crippen molar-refractivity contribution in [2.45, 2.75) is 63.9 Å². The van der Waals surface area contributed by atoms with Crippen LogP contribution < -0.4 is 10.8 Å². The number of ether oxygens (including phenoxy) is 1. The molecule has 0 bridgehead atoms. The molecule has 0 unspecified atom stereocenters. The molecule has 4 N–H and O–H groups in total. The molecule has 2 aromatic carbocycles. The Balaban J connectivity index is 1.90. The van der Waals surface area contributed by atoms with Crippen LogP contribution in [0.2, 0.25) is 0 Å². The number of alkyl carbamates (subject to hydrolysis) is 1. The lowest BCUT2D eigenvalue weighted by molar-refractivity contribution is -0.141. The minimum atomic E-state index is -1.45. The highest BCUT2D eigenvalue weighted by Gasteiger charge is 2.39. The average molecular weight is 488 g/mol. The number of fused-ring (bicyclic) bond motifs is 1. The Morgan fingerprint density at radius 3 is 2.54 bits per heavy atom. The number of nitrogens with one attached hydrogen (secondary N) is 2. The molecule has 1 aliphatic carbocycles. The van der Waals surface area contributed by atoms with Crippen LogP contribution >= 0.6 is 0 Å². The molecule has 0 fully saturated rings. The van der Waals surface area contributed by atoms with E-state index in [1.807, 2.05) is 12.1 Å². The molecule has 35 heavy (non-hydrogen) atoms. The minimum Gasteiger partial charge on any atom is -0.444 e. The molecule has 0 aromatic heterocycles. The number of hydrogen-bond donors (Lipinski definition) is 4.